The Morgan fingerprint density at radius 2 is 1.76 bits per heavy atom. The Labute approximate surface area is 218 Å². The normalized spacial score (nSPS) is 11.9. The van der Waals surface area contributed by atoms with Crippen LogP contribution >= 0.6 is 11.3 Å². The highest BCUT2D eigenvalue weighted by atomic mass is 32.2. The summed E-state index contributed by atoms with van der Waals surface area (Å²) in [5, 5.41) is 0. The third kappa shape index (κ3) is 5.73. The molecule has 0 radical (unpaired) electrons. The number of hydrogen-bond donors (Lipinski definition) is 1. The fraction of sp³-hybridized carbons (Fsp3) is 0.192. The molecule has 0 aliphatic carbocycles. The van der Waals surface area contributed by atoms with Crippen molar-refractivity contribution in [1.29, 1.82) is 0 Å². The van der Waals surface area contributed by atoms with Crippen molar-refractivity contribution in [2.45, 2.75) is 25.3 Å². The second-order valence-corrected chi connectivity index (χ2v) is 10.7. The first kappa shape index (κ1) is 26.1. The standard InChI is InChI=1S/C26H25N3O6S2/c1-4-35-21-10-7-11-22-24(21)29(16-23(30)34-3)26(36-22)27-25(31)19-8-5-6-9-20(19)28-37(32,33)18-14-12-17(2)13-15-18/h5-15,28H,4,16H2,1-3H3. The lowest BCUT2D eigenvalue weighted by atomic mass is 10.2. The second kappa shape index (κ2) is 11.0. The van der Waals surface area contributed by atoms with Gasteiger partial charge in [0.1, 0.15) is 17.8 Å². The van der Waals surface area contributed by atoms with Gasteiger partial charge < -0.3 is 14.0 Å². The summed E-state index contributed by atoms with van der Waals surface area (Å²) in [5.74, 6) is -0.656. The number of thiazole rings is 1. The molecule has 11 heteroatoms. The van der Waals surface area contributed by atoms with Crippen LogP contribution in [-0.2, 0) is 26.1 Å². The summed E-state index contributed by atoms with van der Waals surface area (Å²) >= 11 is 1.21. The first-order valence-corrected chi connectivity index (χ1v) is 13.6. The van der Waals surface area contributed by atoms with Gasteiger partial charge in [-0.25, -0.2) is 8.42 Å². The molecule has 0 unspecified atom stereocenters. The predicted molar refractivity (Wildman–Crippen MR) is 141 cm³/mol. The summed E-state index contributed by atoms with van der Waals surface area (Å²) in [6, 6.07) is 18.0. The number of carbonyl (C=O) groups excluding carboxylic acids is 2. The molecule has 4 aromatic rings. The monoisotopic (exact) mass is 539 g/mol. The van der Waals surface area contributed by atoms with Crippen LogP contribution in [0.1, 0.15) is 22.8 Å². The van der Waals surface area contributed by atoms with Gasteiger partial charge >= 0.3 is 5.97 Å². The van der Waals surface area contributed by atoms with Gasteiger partial charge in [-0.2, -0.15) is 4.99 Å². The second-order valence-electron chi connectivity index (χ2n) is 7.96. The number of nitrogens with zero attached hydrogens (tertiary/aromatic N) is 2. The Bertz CT molecular complexity index is 1640. The SMILES string of the molecule is CCOc1cccc2sc(=NC(=O)c3ccccc3NS(=O)(=O)c3ccc(C)cc3)n(CC(=O)OC)c12. The van der Waals surface area contributed by atoms with Crippen molar-refractivity contribution in [1.82, 2.24) is 4.57 Å². The third-order valence-corrected chi connectivity index (χ3v) is 7.83. The topological polar surface area (TPSA) is 116 Å². The number of sulfonamides is 1. The van der Waals surface area contributed by atoms with E-state index in [2.05, 4.69) is 9.71 Å². The number of amides is 1. The Morgan fingerprint density at radius 1 is 1.03 bits per heavy atom. The number of hydrogen-bond acceptors (Lipinski definition) is 7. The van der Waals surface area contributed by atoms with E-state index >= 15 is 0 Å². The number of esters is 1. The molecule has 4 rings (SSSR count). The number of nitrogens with one attached hydrogen (secondary N) is 1. The lowest BCUT2D eigenvalue weighted by molar-refractivity contribution is -0.141. The zero-order valence-corrected chi connectivity index (χ0v) is 22.1. The molecule has 1 heterocycles. The fourth-order valence-electron chi connectivity index (χ4n) is 3.62. The quantitative estimate of drug-likeness (QED) is 0.337. The summed E-state index contributed by atoms with van der Waals surface area (Å²) < 4.78 is 41.3. The average molecular weight is 540 g/mol. The number of benzene rings is 3. The number of para-hydroxylation sites is 2. The summed E-state index contributed by atoms with van der Waals surface area (Å²) in [5.41, 5.74) is 1.68. The molecule has 0 atom stereocenters. The molecule has 0 aliphatic rings. The molecule has 1 amide bonds. The summed E-state index contributed by atoms with van der Waals surface area (Å²) in [6.45, 7) is 3.93. The highest BCUT2D eigenvalue weighted by Gasteiger charge is 2.20. The summed E-state index contributed by atoms with van der Waals surface area (Å²) in [4.78, 5) is 30.1. The van der Waals surface area contributed by atoms with Crippen LogP contribution in [0.2, 0.25) is 0 Å². The van der Waals surface area contributed by atoms with Gasteiger partial charge in [0.2, 0.25) is 0 Å². The summed E-state index contributed by atoms with van der Waals surface area (Å²) in [7, 11) is -2.67. The van der Waals surface area contributed by atoms with E-state index in [1.807, 2.05) is 26.0 Å². The maximum absolute atomic E-state index is 13.3. The lowest BCUT2D eigenvalue weighted by Crippen LogP contribution is -2.23. The Balaban J connectivity index is 1.79. The molecule has 1 N–H and O–H groups in total. The van der Waals surface area contributed by atoms with Gasteiger partial charge in [-0.3, -0.25) is 14.3 Å². The van der Waals surface area contributed by atoms with Crippen LogP contribution in [0.4, 0.5) is 5.69 Å². The minimum Gasteiger partial charge on any atom is -0.492 e. The Hall–Kier alpha value is -3.96. The molecule has 0 spiro atoms. The van der Waals surface area contributed by atoms with E-state index in [9.17, 15) is 18.0 Å². The average Bonchev–Trinajstić information content (AvgIpc) is 3.21. The number of rotatable bonds is 8. The highest BCUT2D eigenvalue weighted by Crippen LogP contribution is 2.28. The Morgan fingerprint density at radius 3 is 2.46 bits per heavy atom. The van der Waals surface area contributed by atoms with Gasteiger partial charge in [0.25, 0.3) is 15.9 Å². The maximum Gasteiger partial charge on any atom is 0.325 e. The van der Waals surface area contributed by atoms with Crippen LogP contribution < -0.4 is 14.3 Å². The fourth-order valence-corrected chi connectivity index (χ4v) is 5.75. The Kier molecular flexibility index (Phi) is 7.74. The highest BCUT2D eigenvalue weighted by molar-refractivity contribution is 7.92. The zero-order chi connectivity index (χ0) is 26.6. The van der Waals surface area contributed by atoms with Crippen LogP contribution in [0, 0.1) is 6.92 Å². The van der Waals surface area contributed by atoms with Crippen molar-refractivity contribution in [2.24, 2.45) is 4.99 Å². The molecular weight excluding hydrogens is 514 g/mol. The number of fused-ring (bicyclic) bond motifs is 1. The van der Waals surface area contributed by atoms with Gasteiger partial charge in [0.15, 0.2) is 4.80 Å². The summed E-state index contributed by atoms with van der Waals surface area (Å²) in [6.07, 6.45) is 0. The molecule has 192 valence electrons. The van der Waals surface area contributed by atoms with Gasteiger partial charge in [-0.15, -0.1) is 0 Å². The van der Waals surface area contributed by atoms with Crippen LogP contribution in [0.15, 0.2) is 76.6 Å². The van der Waals surface area contributed by atoms with E-state index in [1.165, 1.54) is 42.7 Å². The number of carbonyl (C=O) groups is 2. The van der Waals surface area contributed by atoms with Crippen molar-refractivity contribution in [3.05, 3.63) is 82.7 Å². The van der Waals surface area contributed by atoms with Crippen LogP contribution in [0.5, 0.6) is 5.75 Å². The molecule has 3 aromatic carbocycles. The van der Waals surface area contributed by atoms with Crippen LogP contribution in [-0.4, -0.2) is 38.6 Å². The van der Waals surface area contributed by atoms with E-state index in [-0.39, 0.29) is 27.5 Å². The molecule has 9 nitrogen and oxygen atoms in total. The molecular formula is C26H25N3O6S2. The molecule has 0 aliphatic heterocycles. The van der Waals surface area contributed by atoms with Crippen molar-refractivity contribution < 1.29 is 27.5 Å². The van der Waals surface area contributed by atoms with Crippen LogP contribution in [0.25, 0.3) is 10.2 Å². The molecule has 37 heavy (non-hydrogen) atoms. The predicted octanol–water partition coefficient (Wildman–Crippen LogP) is 4.12. The number of ether oxygens (including phenoxy) is 2. The number of aromatic nitrogens is 1. The van der Waals surface area contributed by atoms with Crippen molar-refractivity contribution in [3.63, 3.8) is 0 Å². The van der Waals surface area contributed by atoms with E-state index < -0.39 is 21.9 Å². The van der Waals surface area contributed by atoms with Crippen molar-refractivity contribution in [3.8, 4) is 5.75 Å². The number of aryl methyl sites for hydroxylation is 1. The third-order valence-electron chi connectivity index (χ3n) is 5.41. The molecule has 1 aromatic heterocycles. The smallest absolute Gasteiger partial charge is 0.325 e. The maximum atomic E-state index is 13.3. The van der Waals surface area contributed by atoms with Gasteiger partial charge in [-0.1, -0.05) is 47.2 Å². The van der Waals surface area contributed by atoms with E-state index in [0.29, 0.717) is 17.9 Å². The van der Waals surface area contributed by atoms with E-state index in [4.69, 9.17) is 9.47 Å². The minimum atomic E-state index is -3.94. The van der Waals surface area contributed by atoms with E-state index in [0.717, 1.165) is 10.3 Å². The van der Waals surface area contributed by atoms with Gasteiger partial charge in [0, 0.05) is 0 Å². The number of methoxy groups -OCH3 is 1. The molecule has 0 saturated heterocycles. The molecule has 0 bridgehead atoms. The number of anilines is 1. The van der Waals surface area contributed by atoms with Gasteiger partial charge in [-0.05, 0) is 50.2 Å². The minimum absolute atomic E-state index is 0.0605. The lowest BCUT2D eigenvalue weighted by Gasteiger charge is -2.11. The van der Waals surface area contributed by atoms with Crippen molar-refractivity contribution >= 4 is 49.1 Å². The molecule has 0 saturated carbocycles. The van der Waals surface area contributed by atoms with Crippen LogP contribution in [0.3, 0.4) is 0 Å². The first-order valence-electron chi connectivity index (χ1n) is 11.3. The zero-order valence-electron chi connectivity index (χ0n) is 20.4. The van der Waals surface area contributed by atoms with Crippen molar-refractivity contribution in [2.75, 3.05) is 18.4 Å². The first-order chi connectivity index (χ1) is 17.7. The largest absolute Gasteiger partial charge is 0.492 e. The van der Waals surface area contributed by atoms with Gasteiger partial charge in [0.05, 0.1) is 34.6 Å². The molecule has 0 fully saturated rings. The van der Waals surface area contributed by atoms with E-state index in [1.54, 1.807) is 34.9 Å².